The van der Waals surface area contributed by atoms with Crippen LogP contribution in [0.1, 0.15) is 40.3 Å². The van der Waals surface area contributed by atoms with Crippen molar-refractivity contribution in [1.82, 2.24) is 15.0 Å². The van der Waals surface area contributed by atoms with Crippen LogP contribution in [-0.4, -0.2) is 27.5 Å². The third kappa shape index (κ3) is 4.89. The first kappa shape index (κ1) is 21.8. The summed E-state index contributed by atoms with van der Waals surface area (Å²) in [7, 11) is 0. The number of carbonyl (C=O) groups is 1. The summed E-state index contributed by atoms with van der Waals surface area (Å²) in [6, 6.07) is 24.8. The topological polar surface area (TPSA) is 59.2 Å². The van der Waals surface area contributed by atoms with Crippen molar-refractivity contribution < 1.29 is 9.32 Å². The molecule has 162 valence electrons. The van der Waals surface area contributed by atoms with E-state index in [1.165, 1.54) is 5.56 Å². The molecule has 5 nitrogen and oxygen atoms in total. The van der Waals surface area contributed by atoms with Gasteiger partial charge in [0.1, 0.15) is 0 Å². The first-order valence-corrected chi connectivity index (χ1v) is 10.9. The minimum atomic E-state index is -0.153. The van der Waals surface area contributed by atoms with Crippen LogP contribution < -0.4 is 0 Å². The van der Waals surface area contributed by atoms with Gasteiger partial charge in [0.15, 0.2) is 0 Å². The molecule has 3 aromatic carbocycles. The minimum Gasteiger partial charge on any atom is -0.339 e. The van der Waals surface area contributed by atoms with Gasteiger partial charge in [-0.3, -0.25) is 4.79 Å². The molecule has 1 aromatic heterocycles. The molecule has 0 aliphatic rings. The number of carbonyl (C=O) groups excluding carboxylic acids is 1. The molecular weight excluding hydrogens is 422 g/mol. The Morgan fingerprint density at radius 3 is 2.41 bits per heavy atom. The second-order valence-electron chi connectivity index (χ2n) is 7.69. The minimum absolute atomic E-state index is 0.134. The van der Waals surface area contributed by atoms with Crippen LogP contribution in [0.4, 0.5) is 0 Å². The monoisotopic (exact) mass is 445 g/mol. The van der Waals surface area contributed by atoms with Crippen LogP contribution in [-0.2, 0) is 6.42 Å². The van der Waals surface area contributed by atoms with E-state index in [9.17, 15) is 4.79 Å². The zero-order valence-electron chi connectivity index (χ0n) is 18.0. The molecule has 4 aromatic rings. The van der Waals surface area contributed by atoms with E-state index in [0.29, 0.717) is 35.3 Å². The number of halogens is 1. The Balaban J connectivity index is 1.56. The third-order valence-electron chi connectivity index (χ3n) is 5.46. The molecule has 0 saturated carbocycles. The number of hydrogen-bond donors (Lipinski definition) is 0. The maximum atomic E-state index is 13.4. The van der Waals surface area contributed by atoms with Crippen molar-refractivity contribution in [2.45, 2.75) is 26.3 Å². The number of amides is 1. The predicted octanol–water partition coefficient (Wildman–Crippen LogP) is 6.14. The normalized spacial score (nSPS) is 11.8. The maximum Gasteiger partial charge on any atom is 0.255 e. The predicted molar refractivity (Wildman–Crippen MR) is 126 cm³/mol. The van der Waals surface area contributed by atoms with E-state index < -0.39 is 0 Å². The molecule has 1 heterocycles. The highest BCUT2D eigenvalue weighted by Gasteiger charge is 2.25. The van der Waals surface area contributed by atoms with Crippen molar-refractivity contribution >= 4 is 17.5 Å². The maximum absolute atomic E-state index is 13.4. The number of benzene rings is 3. The molecule has 1 atom stereocenters. The van der Waals surface area contributed by atoms with Crippen molar-refractivity contribution in [2.24, 2.45) is 0 Å². The summed E-state index contributed by atoms with van der Waals surface area (Å²) in [6.07, 6.45) is 0.437. The lowest BCUT2D eigenvalue weighted by molar-refractivity contribution is 0.0689. The van der Waals surface area contributed by atoms with Gasteiger partial charge in [0.05, 0.1) is 16.6 Å². The molecule has 4 rings (SSSR count). The number of aromatic nitrogens is 2. The second-order valence-corrected chi connectivity index (χ2v) is 8.10. The van der Waals surface area contributed by atoms with Gasteiger partial charge in [-0.15, -0.1) is 0 Å². The first-order valence-electron chi connectivity index (χ1n) is 10.5. The van der Waals surface area contributed by atoms with Crippen LogP contribution in [0.5, 0.6) is 0 Å². The van der Waals surface area contributed by atoms with E-state index in [1.54, 1.807) is 17.0 Å². The van der Waals surface area contributed by atoms with Gasteiger partial charge in [0.25, 0.3) is 5.91 Å². The number of hydrogen-bond acceptors (Lipinski definition) is 4. The quantitative estimate of drug-likeness (QED) is 0.342. The summed E-state index contributed by atoms with van der Waals surface area (Å²) < 4.78 is 5.47. The van der Waals surface area contributed by atoms with Crippen molar-refractivity contribution in [3.63, 3.8) is 0 Å². The highest BCUT2D eigenvalue weighted by Crippen LogP contribution is 2.26. The standard InChI is InChI=1S/C26H24ClN3O2/c1-18-12-14-21(15-13-18)25-28-24(32-29-25)16-17-30(19(2)20-8-4-3-5-9-20)26(31)22-10-6-7-11-23(22)27/h3-15,19H,16-17H2,1-2H3/t19-/m1/s1. The Morgan fingerprint density at radius 2 is 1.69 bits per heavy atom. The van der Waals surface area contributed by atoms with Crippen LogP contribution in [0.2, 0.25) is 5.02 Å². The van der Waals surface area contributed by atoms with E-state index in [1.807, 2.05) is 80.6 Å². The van der Waals surface area contributed by atoms with Gasteiger partial charge in [0.2, 0.25) is 11.7 Å². The largest absolute Gasteiger partial charge is 0.339 e. The number of rotatable bonds is 7. The second kappa shape index (κ2) is 9.79. The van der Waals surface area contributed by atoms with Gasteiger partial charge < -0.3 is 9.42 Å². The van der Waals surface area contributed by atoms with Crippen LogP contribution in [0, 0.1) is 6.92 Å². The Bertz CT molecular complexity index is 1190. The fourth-order valence-electron chi connectivity index (χ4n) is 3.56. The van der Waals surface area contributed by atoms with E-state index in [2.05, 4.69) is 10.1 Å². The summed E-state index contributed by atoms with van der Waals surface area (Å²) in [4.78, 5) is 19.8. The van der Waals surface area contributed by atoms with Crippen LogP contribution in [0.25, 0.3) is 11.4 Å². The zero-order valence-corrected chi connectivity index (χ0v) is 18.8. The molecule has 0 aliphatic heterocycles. The van der Waals surface area contributed by atoms with E-state index in [-0.39, 0.29) is 11.9 Å². The number of aryl methyl sites for hydroxylation is 1. The third-order valence-corrected chi connectivity index (χ3v) is 5.79. The summed E-state index contributed by atoms with van der Waals surface area (Å²) >= 11 is 6.32. The highest BCUT2D eigenvalue weighted by molar-refractivity contribution is 6.33. The van der Waals surface area contributed by atoms with Crippen molar-refractivity contribution in [3.8, 4) is 11.4 Å². The Labute approximate surface area is 192 Å². The lowest BCUT2D eigenvalue weighted by Crippen LogP contribution is -2.35. The van der Waals surface area contributed by atoms with Crippen molar-refractivity contribution in [2.75, 3.05) is 6.54 Å². The van der Waals surface area contributed by atoms with Crippen molar-refractivity contribution in [3.05, 3.63) is 106 Å². The summed E-state index contributed by atoms with van der Waals surface area (Å²) in [5.41, 5.74) is 3.58. The lowest BCUT2D eigenvalue weighted by atomic mass is 10.0. The Morgan fingerprint density at radius 1 is 1.00 bits per heavy atom. The van der Waals surface area contributed by atoms with Gasteiger partial charge in [-0.1, -0.05) is 89.1 Å². The SMILES string of the molecule is Cc1ccc(-c2noc(CCN(C(=O)c3ccccc3Cl)[C@H](C)c3ccccc3)n2)cc1. The molecule has 1 amide bonds. The summed E-state index contributed by atoms with van der Waals surface area (Å²) in [6.45, 7) is 4.45. The van der Waals surface area contributed by atoms with E-state index >= 15 is 0 Å². The van der Waals surface area contributed by atoms with Gasteiger partial charge in [-0.25, -0.2) is 0 Å². The molecule has 0 unspecified atom stereocenters. The molecule has 0 fully saturated rings. The smallest absolute Gasteiger partial charge is 0.255 e. The fourth-order valence-corrected chi connectivity index (χ4v) is 3.78. The van der Waals surface area contributed by atoms with Crippen LogP contribution in [0.3, 0.4) is 0 Å². The Kier molecular flexibility index (Phi) is 6.66. The molecule has 0 spiro atoms. The number of nitrogens with zero attached hydrogens (tertiary/aromatic N) is 3. The molecule has 0 aliphatic carbocycles. The van der Waals surface area contributed by atoms with E-state index in [4.69, 9.17) is 16.1 Å². The van der Waals surface area contributed by atoms with Crippen LogP contribution in [0.15, 0.2) is 83.4 Å². The summed E-state index contributed by atoms with van der Waals surface area (Å²) in [5, 5.41) is 4.54. The molecule has 0 N–H and O–H groups in total. The lowest BCUT2D eigenvalue weighted by Gasteiger charge is -2.29. The fraction of sp³-hybridized carbons (Fsp3) is 0.192. The molecule has 0 saturated heterocycles. The van der Waals surface area contributed by atoms with Crippen molar-refractivity contribution in [1.29, 1.82) is 0 Å². The van der Waals surface area contributed by atoms with Gasteiger partial charge in [-0.2, -0.15) is 4.98 Å². The average Bonchev–Trinajstić information content (AvgIpc) is 3.29. The molecule has 0 radical (unpaired) electrons. The Hall–Kier alpha value is -3.44. The average molecular weight is 446 g/mol. The highest BCUT2D eigenvalue weighted by atomic mass is 35.5. The molecule has 0 bridgehead atoms. The van der Waals surface area contributed by atoms with Crippen LogP contribution >= 0.6 is 11.6 Å². The van der Waals surface area contributed by atoms with Gasteiger partial charge in [0, 0.05) is 18.5 Å². The van der Waals surface area contributed by atoms with Gasteiger partial charge in [-0.05, 0) is 31.5 Å². The van der Waals surface area contributed by atoms with E-state index in [0.717, 1.165) is 11.1 Å². The molecular formula is C26H24ClN3O2. The van der Waals surface area contributed by atoms with Gasteiger partial charge >= 0.3 is 0 Å². The molecule has 6 heteroatoms. The first-order chi connectivity index (χ1) is 15.5. The zero-order chi connectivity index (χ0) is 22.5. The summed E-state index contributed by atoms with van der Waals surface area (Å²) in [5.74, 6) is 0.892. The molecule has 32 heavy (non-hydrogen) atoms.